The number of carbonyl (C=O) groups excluding carboxylic acids is 1. The zero-order chi connectivity index (χ0) is 13.5. The fraction of sp³-hybridized carbons (Fsp3) is 0.857. The van der Waals surface area contributed by atoms with Crippen LogP contribution in [0.25, 0.3) is 0 Å². The second kappa shape index (κ2) is 7.34. The molecule has 2 fully saturated rings. The highest BCUT2D eigenvalue weighted by molar-refractivity contribution is 5.74. The molecule has 0 spiro atoms. The van der Waals surface area contributed by atoms with Gasteiger partial charge in [0, 0.05) is 45.2 Å². The highest BCUT2D eigenvalue weighted by atomic mass is 16.2. The van der Waals surface area contributed by atoms with Crippen LogP contribution in [0.3, 0.4) is 0 Å². The Labute approximate surface area is 115 Å². The van der Waals surface area contributed by atoms with Crippen LogP contribution in [0, 0.1) is 11.3 Å². The number of nitriles is 1. The van der Waals surface area contributed by atoms with E-state index in [4.69, 9.17) is 5.26 Å². The Bertz CT molecular complexity index is 325. The summed E-state index contributed by atoms with van der Waals surface area (Å²) in [6.45, 7) is 4.17. The smallest absolute Gasteiger partial charge is 0.317 e. The topological polar surface area (TPSA) is 59.4 Å². The molecule has 0 aromatic rings. The molecule has 1 heterocycles. The van der Waals surface area contributed by atoms with E-state index >= 15 is 0 Å². The van der Waals surface area contributed by atoms with Crippen LogP contribution in [0.2, 0.25) is 0 Å². The third-order valence-electron chi connectivity index (χ3n) is 4.13. The summed E-state index contributed by atoms with van der Waals surface area (Å²) in [6.07, 6.45) is 6.64. The summed E-state index contributed by atoms with van der Waals surface area (Å²) in [5.74, 6) is 0. The summed E-state index contributed by atoms with van der Waals surface area (Å²) >= 11 is 0. The maximum Gasteiger partial charge on any atom is 0.317 e. The van der Waals surface area contributed by atoms with Gasteiger partial charge in [-0.2, -0.15) is 5.26 Å². The fourth-order valence-electron chi connectivity index (χ4n) is 2.90. The third kappa shape index (κ3) is 4.39. The molecule has 106 valence electrons. The lowest BCUT2D eigenvalue weighted by atomic mass is 9.96. The van der Waals surface area contributed by atoms with E-state index in [2.05, 4.69) is 16.3 Å². The van der Waals surface area contributed by atoms with Crippen molar-refractivity contribution < 1.29 is 4.79 Å². The number of nitrogens with zero attached hydrogens (tertiary/aromatic N) is 3. The van der Waals surface area contributed by atoms with E-state index in [-0.39, 0.29) is 6.03 Å². The molecule has 1 saturated heterocycles. The molecule has 2 amide bonds. The second-order valence-electron chi connectivity index (χ2n) is 5.52. The van der Waals surface area contributed by atoms with E-state index in [1.807, 2.05) is 4.90 Å². The van der Waals surface area contributed by atoms with Crippen LogP contribution in [0.5, 0.6) is 0 Å². The predicted molar refractivity (Wildman–Crippen MR) is 73.6 cm³/mol. The minimum atomic E-state index is 0.104. The van der Waals surface area contributed by atoms with Gasteiger partial charge in [-0.1, -0.05) is 19.3 Å². The maximum atomic E-state index is 12.1. The van der Waals surface area contributed by atoms with Crippen LogP contribution in [0.4, 0.5) is 4.79 Å². The van der Waals surface area contributed by atoms with Gasteiger partial charge in [0.05, 0.1) is 6.07 Å². The normalized spacial score (nSPS) is 21.9. The number of carbonyl (C=O) groups is 1. The second-order valence-corrected chi connectivity index (χ2v) is 5.52. The van der Waals surface area contributed by atoms with E-state index in [0.29, 0.717) is 12.5 Å². The van der Waals surface area contributed by atoms with Crippen LogP contribution < -0.4 is 5.32 Å². The van der Waals surface area contributed by atoms with Crippen molar-refractivity contribution in [2.45, 2.75) is 44.6 Å². The van der Waals surface area contributed by atoms with Gasteiger partial charge in [0.1, 0.15) is 0 Å². The van der Waals surface area contributed by atoms with E-state index in [0.717, 1.165) is 45.6 Å². The standard InChI is InChI=1S/C14H24N4O/c15-7-4-8-17-9-11-18(12-10-17)14(19)16-13-5-2-1-3-6-13/h13H,1-6,8-12H2,(H,16,19). The van der Waals surface area contributed by atoms with Gasteiger partial charge in [-0.15, -0.1) is 0 Å². The van der Waals surface area contributed by atoms with Crippen LogP contribution >= 0.6 is 0 Å². The summed E-state index contributed by atoms with van der Waals surface area (Å²) in [6, 6.07) is 2.66. The van der Waals surface area contributed by atoms with Gasteiger partial charge in [-0.05, 0) is 12.8 Å². The molecule has 1 aliphatic carbocycles. The van der Waals surface area contributed by atoms with Gasteiger partial charge in [0.15, 0.2) is 0 Å². The third-order valence-corrected chi connectivity index (χ3v) is 4.13. The molecule has 2 rings (SSSR count). The summed E-state index contributed by atoms with van der Waals surface area (Å²) in [5, 5.41) is 11.7. The quantitative estimate of drug-likeness (QED) is 0.841. The van der Waals surface area contributed by atoms with Gasteiger partial charge in [0.25, 0.3) is 0 Å². The van der Waals surface area contributed by atoms with Crippen LogP contribution in [-0.4, -0.2) is 54.6 Å². The largest absolute Gasteiger partial charge is 0.335 e. The summed E-state index contributed by atoms with van der Waals surface area (Å²) in [7, 11) is 0. The van der Waals surface area contributed by atoms with E-state index in [1.54, 1.807) is 0 Å². The molecule has 0 unspecified atom stereocenters. The molecular weight excluding hydrogens is 240 g/mol. The average Bonchev–Trinajstić information content (AvgIpc) is 2.46. The van der Waals surface area contributed by atoms with Crippen LogP contribution in [0.1, 0.15) is 38.5 Å². The molecule has 1 N–H and O–H groups in total. The maximum absolute atomic E-state index is 12.1. The van der Waals surface area contributed by atoms with Crippen molar-refractivity contribution in [1.29, 1.82) is 5.26 Å². The lowest BCUT2D eigenvalue weighted by Crippen LogP contribution is -2.53. The Morgan fingerprint density at radius 1 is 1.16 bits per heavy atom. The molecule has 5 heteroatoms. The minimum Gasteiger partial charge on any atom is -0.335 e. The zero-order valence-electron chi connectivity index (χ0n) is 11.6. The van der Waals surface area contributed by atoms with E-state index in [9.17, 15) is 4.79 Å². The molecule has 1 aliphatic heterocycles. The average molecular weight is 264 g/mol. The van der Waals surface area contributed by atoms with Gasteiger partial charge >= 0.3 is 6.03 Å². The Kier molecular flexibility index (Phi) is 5.46. The van der Waals surface area contributed by atoms with Crippen molar-refractivity contribution in [3.63, 3.8) is 0 Å². The van der Waals surface area contributed by atoms with Crippen molar-refractivity contribution in [2.75, 3.05) is 32.7 Å². The first-order chi connectivity index (χ1) is 9.29. The van der Waals surface area contributed by atoms with E-state index < -0.39 is 0 Å². The Balaban J connectivity index is 1.68. The van der Waals surface area contributed by atoms with Crippen molar-refractivity contribution in [2.24, 2.45) is 0 Å². The Hall–Kier alpha value is -1.28. The first kappa shape index (κ1) is 14.1. The summed E-state index contributed by atoms with van der Waals surface area (Å²) < 4.78 is 0. The monoisotopic (exact) mass is 264 g/mol. The molecule has 0 atom stereocenters. The number of hydrogen-bond donors (Lipinski definition) is 1. The molecule has 0 aromatic heterocycles. The number of rotatable bonds is 3. The molecule has 0 bridgehead atoms. The number of piperazine rings is 1. The molecule has 0 aromatic carbocycles. The lowest BCUT2D eigenvalue weighted by Gasteiger charge is -2.35. The van der Waals surface area contributed by atoms with Crippen LogP contribution in [0.15, 0.2) is 0 Å². The first-order valence-corrected chi connectivity index (χ1v) is 7.44. The summed E-state index contributed by atoms with van der Waals surface area (Å²) in [5.41, 5.74) is 0. The lowest BCUT2D eigenvalue weighted by molar-refractivity contribution is 0.137. The van der Waals surface area contributed by atoms with Crippen molar-refractivity contribution in [1.82, 2.24) is 15.1 Å². The molecule has 19 heavy (non-hydrogen) atoms. The molecule has 5 nitrogen and oxygen atoms in total. The molecular formula is C14H24N4O. The van der Waals surface area contributed by atoms with Crippen molar-refractivity contribution in [3.8, 4) is 6.07 Å². The highest BCUT2D eigenvalue weighted by Crippen LogP contribution is 2.17. The van der Waals surface area contributed by atoms with Crippen LogP contribution in [-0.2, 0) is 0 Å². The highest BCUT2D eigenvalue weighted by Gasteiger charge is 2.23. The fourth-order valence-corrected chi connectivity index (χ4v) is 2.90. The number of urea groups is 1. The van der Waals surface area contributed by atoms with E-state index in [1.165, 1.54) is 19.3 Å². The minimum absolute atomic E-state index is 0.104. The summed E-state index contributed by atoms with van der Waals surface area (Å²) in [4.78, 5) is 16.3. The van der Waals surface area contributed by atoms with Gasteiger partial charge < -0.3 is 10.2 Å². The SMILES string of the molecule is N#CCCN1CCN(C(=O)NC2CCCCC2)CC1. The molecule has 0 radical (unpaired) electrons. The Morgan fingerprint density at radius 3 is 2.47 bits per heavy atom. The number of nitrogens with one attached hydrogen (secondary N) is 1. The zero-order valence-corrected chi connectivity index (χ0v) is 11.6. The van der Waals surface area contributed by atoms with Gasteiger partial charge in [-0.3, -0.25) is 4.90 Å². The molecule has 2 aliphatic rings. The van der Waals surface area contributed by atoms with Gasteiger partial charge in [-0.25, -0.2) is 4.79 Å². The number of amides is 2. The van der Waals surface area contributed by atoms with Crippen molar-refractivity contribution >= 4 is 6.03 Å². The molecule has 1 saturated carbocycles. The number of hydrogen-bond acceptors (Lipinski definition) is 3. The van der Waals surface area contributed by atoms with Crippen molar-refractivity contribution in [3.05, 3.63) is 0 Å². The van der Waals surface area contributed by atoms with Gasteiger partial charge in [0.2, 0.25) is 0 Å². The predicted octanol–water partition coefficient (Wildman–Crippen LogP) is 1.56. The Morgan fingerprint density at radius 2 is 1.84 bits per heavy atom. The first-order valence-electron chi connectivity index (χ1n) is 7.44.